The van der Waals surface area contributed by atoms with Crippen LogP contribution in [0.1, 0.15) is 56.9 Å². The van der Waals surface area contributed by atoms with Crippen LogP contribution in [-0.2, 0) is 30.3 Å². The molecule has 0 saturated heterocycles. The van der Waals surface area contributed by atoms with Gasteiger partial charge in [-0.25, -0.2) is 14.6 Å². The molecular formula is C39H42N4O8. The number of fused-ring (bicyclic) bond motifs is 4. The van der Waals surface area contributed by atoms with E-state index in [1.54, 1.807) is 43.4 Å². The van der Waals surface area contributed by atoms with E-state index in [2.05, 4.69) is 15.6 Å². The number of ketones is 1. The number of Topliss-reactive ketones (excluding diaryl/α,β-unsaturated/α-hetero) is 1. The zero-order chi connectivity index (χ0) is 36.5. The van der Waals surface area contributed by atoms with E-state index in [0.29, 0.717) is 17.7 Å². The summed E-state index contributed by atoms with van der Waals surface area (Å²) in [4.78, 5) is 71.3. The van der Waals surface area contributed by atoms with Crippen molar-refractivity contribution in [1.82, 2.24) is 15.2 Å². The number of anilines is 1. The van der Waals surface area contributed by atoms with Crippen LogP contribution in [0.5, 0.6) is 0 Å². The minimum Gasteiger partial charge on any atom is -0.457 e. The monoisotopic (exact) mass is 694 g/mol. The Bertz CT molecular complexity index is 1910. The highest BCUT2D eigenvalue weighted by Gasteiger charge is 2.33. The van der Waals surface area contributed by atoms with Gasteiger partial charge in [0.05, 0.1) is 12.1 Å². The average Bonchev–Trinajstić information content (AvgIpc) is 3.78. The van der Waals surface area contributed by atoms with Crippen LogP contribution in [0.25, 0.3) is 10.8 Å². The van der Waals surface area contributed by atoms with Gasteiger partial charge in [0.15, 0.2) is 5.69 Å². The Hall–Kier alpha value is -5.78. The number of oxazole rings is 1. The Balaban J connectivity index is 1.38. The smallest absolute Gasteiger partial charge is 0.412 e. The van der Waals surface area contributed by atoms with Crippen molar-refractivity contribution >= 4 is 46.1 Å². The molecule has 2 N–H and O–H groups in total. The second-order valence-corrected chi connectivity index (χ2v) is 12.9. The van der Waals surface area contributed by atoms with E-state index < -0.39 is 30.2 Å². The first-order chi connectivity index (χ1) is 24.5. The summed E-state index contributed by atoms with van der Waals surface area (Å²) in [5.41, 5.74) is 1.26. The van der Waals surface area contributed by atoms with Crippen LogP contribution in [0.2, 0.25) is 0 Å². The number of aromatic nitrogens is 1. The quantitative estimate of drug-likeness (QED) is 0.311. The van der Waals surface area contributed by atoms with Crippen molar-refractivity contribution in [2.75, 3.05) is 18.4 Å². The molecule has 3 amide bonds. The van der Waals surface area contributed by atoms with Crippen molar-refractivity contribution in [1.29, 1.82) is 0 Å². The largest absolute Gasteiger partial charge is 0.457 e. The van der Waals surface area contributed by atoms with E-state index in [0.717, 1.165) is 17.0 Å². The van der Waals surface area contributed by atoms with Crippen molar-refractivity contribution in [2.24, 2.45) is 11.8 Å². The minimum absolute atomic E-state index is 0.00447. The van der Waals surface area contributed by atoms with Crippen molar-refractivity contribution in [3.63, 3.8) is 0 Å². The number of hydrogen-bond acceptors (Lipinski definition) is 9. The van der Waals surface area contributed by atoms with Gasteiger partial charge in [0.2, 0.25) is 11.8 Å². The first-order valence-electron chi connectivity index (χ1n) is 16.9. The van der Waals surface area contributed by atoms with Gasteiger partial charge in [-0.15, -0.1) is 0 Å². The van der Waals surface area contributed by atoms with Crippen molar-refractivity contribution in [3.8, 4) is 0 Å². The van der Waals surface area contributed by atoms with Crippen molar-refractivity contribution in [2.45, 2.75) is 59.2 Å². The van der Waals surface area contributed by atoms with Crippen LogP contribution in [0.3, 0.4) is 0 Å². The molecule has 1 aromatic heterocycles. The number of carbonyl (C=O) groups is 5. The Labute approximate surface area is 296 Å². The van der Waals surface area contributed by atoms with Crippen LogP contribution >= 0.6 is 0 Å². The highest BCUT2D eigenvalue weighted by atomic mass is 16.6. The van der Waals surface area contributed by atoms with Crippen molar-refractivity contribution < 1.29 is 37.9 Å². The van der Waals surface area contributed by atoms with Crippen molar-refractivity contribution in [3.05, 3.63) is 108 Å². The lowest BCUT2D eigenvalue weighted by Gasteiger charge is -2.27. The summed E-state index contributed by atoms with van der Waals surface area (Å²) in [7, 11) is 0. The van der Waals surface area contributed by atoms with Gasteiger partial charge in [-0.3, -0.25) is 19.7 Å². The van der Waals surface area contributed by atoms with Gasteiger partial charge in [-0.05, 0) is 42.9 Å². The van der Waals surface area contributed by atoms with Gasteiger partial charge in [0, 0.05) is 30.8 Å². The van der Waals surface area contributed by atoms with Crippen LogP contribution in [0.15, 0.2) is 101 Å². The molecule has 12 nitrogen and oxygen atoms in total. The predicted molar refractivity (Wildman–Crippen MR) is 190 cm³/mol. The van der Waals surface area contributed by atoms with Gasteiger partial charge >= 0.3 is 12.1 Å². The third kappa shape index (κ3) is 9.68. The minimum atomic E-state index is -0.967. The number of hydrogen-bond donors (Lipinski definition) is 2. The van der Waals surface area contributed by atoms with Crippen LogP contribution in [0.4, 0.5) is 10.5 Å². The average molecular weight is 695 g/mol. The third-order valence-corrected chi connectivity index (χ3v) is 8.46. The highest BCUT2D eigenvalue weighted by molar-refractivity contribution is 6.01. The fraction of sp³-hybridized carbons (Fsp3) is 0.333. The van der Waals surface area contributed by atoms with Gasteiger partial charge in [0.1, 0.15) is 30.0 Å². The number of nitrogens with zero attached hydrogens (tertiary/aromatic N) is 2. The van der Waals surface area contributed by atoms with Gasteiger partial charge in [0.25, 0.3) is 5.91 Å². The van der Waals surface area contributed by atoms with Crippen LogP contribution < -0.4 is 10.6 Å². The molecule has 2 aliphatic heterocycles. The molecule has 51 heavy (non-hydrogen) atoms. The molecule has 0 radical (unpaired) electrons. The molecule has 0 unspecified atom stereocenters. The van der Waals surface area contributed by atoms with E-state index in [-0.39, 0.29) is 66.7 Å². The fourth-order valence-corrected chi connectivity index (χ4v) is 6.00. The Kier molecular flexibility index (Phi) is 12.0. The van der Waals surface area contributed by atoms with Crippen LogP contribution in [0, 0.1) is 11.8 Å². The maximum Gasteiger partial charge on any atom is 0.412 e. The lowest BCUT2D eigenvalue weighted by atomic mass is 9.94. The highest BCUT2D eigenvalue weighted by Crippen LogP contribution is 2.26. The molecule has 266 valence electrons. The summed E-state index contributed by atoms with van der Waals surface area (Å²) in [5.74, 6) is -2.31. The predicted octanol–water partition coefficient (Wildman–Crippen LogP) is 6.07. The number of carbonyl (C=O) groups excluding carboxylic acids is 5. The van der Waals surface area contributed by atoms with E-state index >= 15 is 0 Å². The summed E-state index contributed by atoms with van der Waals surface area (Å²) < 4.78 is 17.1. The molecule has 3 heterocycles. The SMILES string of the molecule is CC1=C/[C@@H](OC(=O)Nc2cccc3ccccc23)CC(=O)Cc2nc(co2)C(=O)N2CCC=C2C(=O)O[C@H](C(C)C)[C@H](C)/C=C\C(=O)NC/C=C\1. The number of esters is 1. The maximum absolute atomic E-state index is 13.5. The molecule has 3 atom stereocenters. The zero-order valence-electron chi connectivity index (χ0n) is 29.1. The molecule has 3 aromatic rings. The molecule has 12 heteroatoms. The number of rotatable bonds is 3. The molecule has 2 bridgehead atoms. The molecule has 0 spiro atoms. The molecular weight excluding hydrogens is 652 g/mol. The summed E-state index contributed by atoms with van der Waals surface area (Å²) >= 11 is 0. The number of benzene rings is 2. The molecule has 2 aliphatic rings. The molecule has 0 saturated carbocycles. The first kappa shape index (κ1) is 36.5. The Morgan fingerprint density at radius 2 is 1.86 bits per heavy atom. The Morgan fingerprint density at radius 3 is 2.67 bits per heavy atom. The van der Waals surface area contributed by atoms with E-state index in [1.807, 2.05) is 57.2 Å². The second kappa shape index (κ2) is 16.8. The van der Waals surface area contributed by atoms with E-state index in [1.165, 1.54) is 11.0 Å². The summed E-state index contributed by atoms with van der Waals surface area (Å²) in [6.07, 6.45) is 8.68. The molecule has 5 rings (SSSR count). The third-order valence-electron chi connectivity index (χ3n) is 8.46. The normalized spacial score (nSPS) is 23.4. The lowest BCUT2D eigenvalue weighted by Crippen LogP contribution is -2.36. The van der Waals surface area contributed by atoms with E-state index in [4.69, 9.17) is 13.9 Å². The number of ether oxygens (including phenoxy) is 2. The second-order valence-electron chi connectivity index (χ2n) is 12.9. The number of cyclic esters (lactones) is 1. The fourth-order valence-electron chi connectivity index (χ4n) is 6.00. The molecule has 0 aliphatic carbocycles. The van der Waals surface area contributed by atoms with Gasteiger partial charge < -0.3 is 24.1 Å². The summed E-state index contributed by atoms with van der Waals surface area (Å²) in [6, 6.07) is 13.1. The first-order valence-corrected chi connectivity index (χ1v) is 16.9. The standard InChI is InChI=1S/C39H42N4O8/c1-24(2)36-26(4)16-17-34(45)40-18-8-10-25(3)20-29(50-39(48)42-31-14-7-12-27-11-5-6-13-30(27)31)21-28(44)22-35-41-32(23-49-35)37(46)43-19-9-15-33(43)38(47)51-36/h5-8,10-17,20,23-24,26,29,36H,9,18-19,21-22H2,1-4H3,(H,40,45)(H,42,48)/b10-8-,17-16-,25-20-/t26-,29-,36-/m1/s1. The summed E-state index contributed by atoms with van der Waals surface area (Å²) in [6.45, 7) is 7.90. The molecule has 2 aromatic carbocycles. The number of amides is 3. The maximum atomic E-state index is 13.5. The van der Waals surface area contributed by atoms with Gasteiger partial charge in [-0.1, -0.05) is 87.0 Å². The Morgan fingerprint density at radius 1 is 1.08 bits per heavy atom. The molecule has 0 fully saturated rings. The van der Waals surface area contributed by atoms with Gasteiger partial charge in [-0.2, -0.15) is 0 Å². The lowest BCUT2D eigenvalue weighted by molar-refractivity contribution is -0.149. The summed E-state index contributed by atoms with van der Waals surface area (Å²) in [5, 5.41) is 7.33. The number of nitrogens with one attached hydrogen (secondary N) is 2. The zero-order valence-corrected chi connectivity index (χ0v) is 29.1. The van der Waals surface area contributed by atoms with Crippen LogP contribution in [-0.4, -0.2) is 64.8 Å². The van der Waals surface area contributed by atoms with E-state index in [9.17, 15) is 24.0 Å². The topological polar surface area (TPSA) is 157 Å². The number of allylic oxidation sites excluding steroid dienone is 2.